The molecule has 0 saturated carbocycles. The number of rotatable bonds is 2. The van der Waals surface area contributed by atoms with Crippen molar-refractivity contribution >= 4 is 0 Å². The number of allylic oxidation sites excluding steroid dienone is 4. The van der Waals surface area contributed by atoms with E-state index in [1.165, 1.54) is 11.1 Å². The standard InChI is InChI=1S/C14H16O/c1-10-6-5-9-12(10)14-8-4-3-7-13(14)11(2)15/h3-9,11-12,15H,1-2H3. The van der Waals surface area contributed by atoms with E-state index in [2.05, 4.69) is 31.2 Å². The summed E-state index contributed by atoms with van der Waals surface area (Å²) >= 11 is 0. The molecule has 15 heavy (non-hydrogen) atoms. The minimum atomic E-state index is -0.400. The molecule has 0 aliphatic heterocycles. The van der Waals surface area contributed by atoms with Crippen LogP contribution in [0.1, 0.15) is 37.0 Å². The Morgan fingerprint density at radius 2 is 2.00 bits per heavy atom. The molecule has 2 unspecified atom stereocenters. The van der Waals surface area contributed by atoms with Crippen molar-refractivity contribution in [3.05, 3.63) is 59.2 Å². The lowest BCUT2D eigenvalue weighted by Gasteiger charge is -2.17. The first-order valence-electron chi connectivity index (χ1n) is 5.32. The van der Waals surface area contributed by atoms with Crippen LogP contribution in [0.15, 0.2) is 48.1 Å². The Morgan fingerprint density at radius 3 is 2.60 bits per heavy atom. The van der Waals surface area contributed by atoms with E-state index in [9.17, 15) is 5.11 Å². The molecule has 0 radical (unpaired) electrons. The summed E-state index contributed by atoms with van der Waals surface area (Å²) in [5, 5.41) is 9.71. The lowest BCUT2D eigenvalue weighted by molar-refractivity contribution is 0.198. The van der Waals surface area contributed by atoms with E-state index in [-0.39, 0.29) is 0 Å². The van der Waals surface area contributed by atoms with E-state index in [1.807, 2.05) is 25.1 Å². The van der Waals surface area contributed by atoms with Gasteiger partial charge in [-0.3, -0.25) is 0 Å². The molecule has 1 N–H and O–H groups in total. The van der Waals surface area contributed by atoms with Crippen LogP contribution in [0.5, 0.6) is 0 Å². The van der Waals surface area contributed by atoms with Gasteiger partial charge in [0, 0.05) is 5.92 Å². The van der Waals surface area contributed by atoms with Crippen molar-refractivity contribution < 1.29 is 5.11 Å². The Balaban J connectivity index is 2.44. The predicted molar refractivity (Wildman–Crippen MR) is 62.7 cm³/mol. The van der Waals surface area contributed by atoms with Crippen molar-refractivity contribution in [1.82, 2.24) is 0 Å². The van der Waals surface area contributed by atoms with Crippen LogP contribution in [-0.4, -0.2) is 5.11 Å². The van der Waals surface area contributed by atoms with Gasteiger partial charge in [-0.2, -0.15) is 0 Å². The Morgan fingerprint density at radius 1 is 1.27 bits per heavy atom. The summed E-state index contributed by atoms with van der Waals surface area (Å²) in [7, 11) is 0. The minimum Gasteiger partial charge on any atom is -0.389 e. The summed E-state index contributed by atoms with van der Waals surface area (Å²) in [6, 6.07) is 8.10. The second-order valence-corrected chi connectivity index (χ2v) is 4.08. The average molecular weight is 200 g/mol. The smallest absolute Gasteiger partial charge is 0.0764 e. The second-order valence-electron chi connectivity index (χ2n) is 4.08. The normalized spacial score (nSPS) is 21.5. The number of hydrogen-bond donors (Lipinski definition) is 1. The SMILES string of the molecule is CC1=CC=CC1c1ccccc1C(C)O. The van der Waals surface area contributed by atoms with Gasteiger partial charge in [-0.25, -0.2) is 0 Å². The van der Waals surface area contributed by atoms with Crippen LogP contribution in [0.2, 0.25) is 0 Å². The van der Waals surface area contributed by atoms with E-state index >= 15 is 0 Å². The minimum absolute atomic E-state index is 0.343. The highest BCUT2D eigenvalue weighted by Gasteiger charge is 2.17. The average Bonchev–Trinajstić information content (AvgIpc) is 2.64. The molecule has 78 valence electrons. The molecule has 1 aromatic carbocycles. The molecular weight excluding hydrogens is 184 g/mol. The van der Waals surface area contributed by atoms with E-state index in [0.717, 1.165) is 5.56 Å². The van der Waals surface area contributed by atoms with Gasteiger partial charge in [0.2, 0.25) is 0 Å². The van der Waals surface area contributed by atoms with Crippen LogP contribution in [0.25, 0.3) is 0 Å². The fourth-order valence-electron chi connectivity index (χ4n) is 2.10. The maximum Gasteiger partial charge on any atom is 0.0764 e. The Hall–Kier alpha value is -1.34. The Bertz CT molecular complexity index is 413. The molecule has 1 aliphatic rings. The second kappa shape index (κ2) is 4.03. The van der Waals surface area contributed by atoms with Crippen LogP contribution in [-0.2, 0) is 0 Å². The summed E-state index contributed by atoms with van der Waals surface area (Å²) in [4.78, 5) is 0. The first-order chi connectivity index (χ1) is 7.20. The lowest BCUT2D eigenvalue weighted by atomic mass is 9.89. The quantitative estimate of drug-likeness (QED) is 0.776. The van der Waals surface area contributed by atoms with Gasteiger partial charge >= 0.3 is 0 Å². The molecular formula is C14H16O. The van der Waals surface area contributed by atoms with Crippen molar-refractivity contribution in [3.63, 3.8) is 0 Å². The highest BCUT2D eigenvalue weighted by Crippen LogP contribution is 2.33. The lowest BCUT2D eigenvalue weighted by Crippen LogP contribution is -2.02. The molecule has 0 heterocycles. The monoisotopic (exact) mass is 200 g/mol. The summed E-state index contributed by atoms with van der Waals surface area (Å²) in [5.74, 6) is 0.343. The largest absolute Gasteiger partial charge is 0.389 e. The van der Waals surface area contributed by atoms with E-state index in [0.29, 0.717) is 5.92 Å². The van der Waals surface area contributed by atoms with E-state index < -0.39 is 6.10 Å². The third-order valence-corrected chi connectivity index (χ3v) is 2.93. The van der Waals surface area contributed by atoms with Gasteiger partial charge in [0.1, 0.15) is 0 Å². The molecule has 0 aromatic heterocycles. The van der Waals surface area contributed by atoms with Gasteiger partial charge in [0.05, 0.1) is 6.10 Å². The first kappa shape index (κ1) is 10.2. The molecule has 2 atom stereocenters. The molecule has 2 rings (SSSR count). The van der Waals surface area contributed by atoms with Crippen LogP contribution >= 0.6 is 0 Å². The van der Waals surface area contributed by atoms with Gasteiger partial charge in [-0.15, -0.1) is 0 Å². The summed E-state index contributed by atoms with van der Waals surface area (Å²) < 4.78 is 0. The van der Waals surface area contributed by atoms with Gasteiger partial charge in [0.25, 0.3) is 0 Å². The Labute approximate surface area is 90.8 Å². The zero-order chi connectivity index (χ0) is 10.8. The number of benzene rings is 1. The molecule has 0 saturated heterocycles. The maximum absolute atomic E-state index is 9.71. The van der Waals surface area contributed by atoms with Gasteiger partial charge in [-0.05, 0) is 25.0 Å². The fraction of sp³-hybridized carbons (Fsp3) is 0.286. The zero-order valence-corrected chi connectivity index (χ0v) is 9.14. The van der Waals surface area contributed by atoms with Crippen LogP contribution in [0, 0.1) is 0 Å². The van der Waals surface area contributed by atoms with E-state index in [4.69, 9.17) is 0 Å². The molecule has 1 aliphatic carbocycles. The van der Waals surface area contributed by atoms with Crippen LogP contribution < -0.4 is 0 Å². The van der Waals surface area contributed by atoms with Gasteiger partial charge in [-0.1, -0.05) is 48.1 Å². The van der Waals surface area contributed by atoms with Crippen molar-refractivity contribution in [3.8, 4) is 0 Å². The highest BCUT2D eigenvalue weighted by atomic mass is 16.3. The maximum atomic E-state index is 9.71. The number of hydrogen-bond acceptors (Lipinski definition) is 1. The van der Waals surface area contributed by atoms with Crippen LogP contribution in [0.3, 0.4) is 0 Å². The van der Waals surface area contributed by atoms with Gasteiger partial charge < -0.3 is 5.11 Å². The molecule has 0 fully saturated rings. The molecule has 1 nitrogen and oxygen atoms in total. The van der Waals surface area contributed by atoms with Crippen molar-refractivity contribution in [2.75, 3.05) is 0 Å². The Kier molecular flexibility index (Phi) is 2.74. The fourth-order valence-corrected chi connectivity index (χ4v) is 2.10. The first-order valence-corrected chi connectivity index (χ1v) is 5.32. The number of aliphatic hydroxyl groups excluding tert-OH is 1. The van der Waals surface area contributed by atoms with Crippen LogP contribution in [0.4, 0.5) is 0 Å². The molecule has 0 bridgehead atoms. The predicted octanol–water partition coefficient (Wildman–Crippen LogP) is 3.34. The van der Waals surface area contributed by atoms with E-state index in [1.54, 1.807) is 0 Å². The van der Waals surface area contributed by atoms with Crippen molar-refractivity contribution in [2.45, 2.75) is 25.9 Å². The molecule has 1 heteroatoms. The third kappa shape index (κ3) is 1.88. The number of aliphatic hydroxyl groups is 1. The van der Waals surface area contributed by atoms with Crippen molar-refractivity contribution in [2.24, 2.45) is 0 Å². The third-order valence-electron chi connectivity index (χ3n) is 2.93. The molecule has 0 amide bonds. The molecule has 0 spiro atoms. The summed E-state index contributed by atoms with van der Waals surface area (Å²) in [6.07, 6.45) is 5.99. The summed E-state index contributed by atoms with van der Waals surface area (Å²) in [6.45, 7) is 3.94. The van der Waals surface area contributed by atoms with Gasteiger partial charge in [0.15, 0.2) is 0 Å². The molecule has 1 aromatic rings. The zero-order valence-electron chi connectivity index (χ0n) is 9.14. The topological polar surface area (TPSA) is 20.2 Å². The highest BCUT2D eigenvalue weighted by molar-refractivity contribution is 5.44. The van der Waals surface area contributed by atoms with Crippen molar-refractivity contribution in [1.29, 1.82) is 0 Å². The summed E-state index contributed by atoms with van der Waals surface area (Å²) in [5.41, 5.74) is 3.58.